The summed E-state index contributed by atoms with van der Waals surface area (Å²) in [6.07, 6.45) is 3.58. The Balaban J connectivity index is 2.30. The third-order valence-electron chi connectivity index (χ3n) is 3.02. The van der Waals surface area contributed by atoms with Crippen molar-refractivity contribution in [2.45, 2.75) is 24.2 Å². The van der Waals surface area contributed by atoms with E-state index in [1.807, 2.05) is 0 Å². The molecule has 1 fully saturated rings. The molecule has 2 rings (SSSR count). The van der Waals surface area contributed by atoms with Gasteiger partial charge in [-0.05, 0) is 37.5 Å². The lowest BCUT2D eigenvalue weighted by atomic mass is 10.1. The molecule has 0 saturated carbocycles. The Labute approximate surface area is 101 Å². The second kappa shape index (κ2) is 4.54. The maximum Gasteiger partial charge on any atom is 0.240 e. The zero-order valence-electron chi connectivity index (χ0n) is 9.59. The minimum absolute atomic E-state index is 0.00161. The van der Waals surface area contributed by atoms with Crippen molar-refractivity contribution in [3.63, 3.8) is 0 Å². The van der Waals surface area contributed by atoms with E-state index in [9.17, 15) is 8.42 Å². The molecule has 0 amide bonds. The second-order valence-corrected chi connectivity index (χ2v) is 5.84. The number of nitrogens with zero attached hydrogens (tertiary/aromatic N) is 1. The van der Waals surface area contributed by atoms with Gasteiger partial charge in [0.1, 0.15) is 4.90 Å². The van der Waals surface area contributed by atoms with Crippen molar-refractivity contribution in [1.82, 2.24) is 0 Å². The topological polar surface area (TPSA) is 89.4 Å². The van der Waals surface area contributed by atoms with Crippen LogP contribution in [0.25, 0.3) is 0 Å². The Kier molecular flexibility index (Phi) is 3.26. The fourth-order valence-electron chi connectivity index (χ4n) is 2.14. The monoisotopic (exact) mass is 255 g/mol. The highest BCUT2D eigenvalue weighted by molar-refractivity contribution is 7.89. The highest BCUT2D eigenvalue weighted by Gasteiger charge is 2.15. The SMILES string of the molecule is Nc1cc(N2CCCCC2)ccc1S(N)(=O)=O. The van der Waals surface area contributed by atoms with E-state index in [0.717, 1.165) is 31.6 Å². The lowest BCUT2D eigenvalue weighted by Crippen LogP contribution is -2.29. The highest BCUT2D eigenvalue weighted by atomic mass is 32.2. The molecule has 0 spiro atoms. The molecule has 1 aromatic carbocycles. The van der Waals surface area contributed by atoms with E-state index in [1.165, 1.54) is 12.5 Å². The molecule has 94 valence electrons. The molecule has 4 N–H and O–H groups in total. The first kappa shape index (κ1) is 12.2. The van der Waals surface area contributed by atoms with Crippen LogP contribution < -0.4 is 15.8 Å². The number of primary sulfonamides is 1. The largest absolute Gasteiger partial charge is 0.398 e. The van der Waals surface area contributed by atoms with Gasteiger partial charge in [-0.3, -0.25) is 0 Å². The Morgan fingerprint density at radius 2 is 1.76 bits per heavy atom. The van der Waals surface area contributed by atoms with Gasteiger partial charge in [-0.1, -0.05) is 0 Å². The van der Waals surface area contributed by atoms with E-state index in [1.54, 1.807) is 12.1 Å². The quantitative estimate of drug-likeness (QED) is 0.768. The van der Waals surface area contributed by atoms with Crippen molar-refractivity contribution in [3.8, 4) is 0 Å². The molecule has 1 aromatic rings. The Hall–Kier alpha value is -1.27. The molecule has 0 aromatic heterocycles. The normalized spacial score (nSPS) is 17.1. The van der Waals surface area contributed by atoms with Crippen LogP contribution in [0.5, 0.6) is 0 Å². The first-order valence-electron chi connectivity index (χ1n) is 5.66. The summed E-state index contributed by atoms with van der Waals surface area (Å²) in [4.78, 5) is 2.21. The molecule has 17 heavy (non-hydrogen) atoms. The van der Waals surface area contributed by atoms with Crippen LogP contribution in [0.2, 0.25) is 0 Å². The molecule has 0 atom stereocenters. The molecule has 1 aliphatic rings. The zero-order chi connectivity index (χ0) is 12.5. The summed E-state index contributed by atoms with van der Waals surface area (Å²) >= 11 is 0. The third kappa shape index (κ3) is 2.70. The van der Waals surface area contributed by atoms with E-state index in [-0.39, 0.29) is 10.6 Å². The van der Waals surface area contributed by atoms with Crippen LogP contribution in [0.3, 0.4) is 0 Å². The van der Waals surface area contributed by atoms with Crippen LogP contribution >= 0.6 is 0 Å². The lowest BCUT2D eigenvalue weighted by molar-refractivity contribution is 0.577. The van der Waals surface area contributed by atoms with Crippen LogP contribution in [0.15, 0.2) is 23.1 Å². The van der Waals surface area contributed by atoms with Crippen LogP contribution in [0.4, 0.5) is 11.4 Å². The molecule has 6 heteroatoms. The summed E-state index contributed by atoms with van der Waals surface area (Å²) < 4.78 is 22.5. The van der Waals surface area contributed by atoms with Gasteiger partial charge >= 0.3 is 0 Å². The maximum atomic E-state index is 11.2. The molecule has 0 bridgehead atoms. The number of anilines is 2. The number of nitrogen functional groups attached to an aromatic ring is 1. The average Bonchev–Trinajstić information content (AvgIpc) is 2.28. The first-order chi connectivity index (χ1) is 7.98. The van der Waals surface area contributed by atoms with Gasteiger partial charge in [0.25, 0.3) is 0 Å². The Morgan fingerprint density at radius 3 is 2.29 bits per heavy atom. The van der Waals surface area contributed by atoms with E-state index in [0.29, 0.717) is 0 Å². The minimum Gasteiger partial charge on any atom is -0.398 e. The van der Waals surface area contributed by atoms with Gasteiger partial charge in [0, 0.05) is 18.8 Å². The average molecular weight is 255 g/mol. The van der Waals surface area contributed by atoms with E-state index in [2.05, 4.69) is 4.90 Å². The van der Waals surface area contributed by atoms with Crippen molar-refractivity contribution in [2.75, 3.05) is 23.7 Å². The molecule has 0 aliphatic carbocycles. The summed E-state index contributed by atoms with van der Waals surface area (Å²) in [5, 5.41) is 5.06. The Morgan fingerprint density at radius 1 is 1.12 bits per heavy atom. The molecule has 1 heterocycles. The number of hydrogen-bond acceptors (Lipinski definition) is 4. The molecule has 1 aliphatic heterocycles. The van der Waals surface area contributed by atoms with Gasteiger partial charge < -0.3 is 10.6 Å². The summed E-state index contributed by atoms with van der Waals surface area (Å²) in [6.45, 7) is 1.99. The molecule has 1 saturated heterocycles. The Bertz CT molecular complexity index is 507. The molecule has 0 radical (unpaired) electrons. The van der Waals surface area contributed by atoms with Crippen molar-refractivity contribution in [1.29, 1.82) is 0 Å². The molecule has 5 nitrogen and oxygen atoms in total. The predicted molar refractivity (Wildman–Crippen MR) is 68.3 cm³/mol. The van der Waals surface area contributed by atoms with Crippen molar-refractivity contribution in [3.05, 3.63) is 18.2 Å². The highest BCUT2D eigenvalue weighted by Crippen LogP contribution is 2.26. The van der Waals surface area contributed by atoms with Gasteiger partial charge in [-0.15, -0.1) is 0 Å². The van der Waals surface area contributed by atoms with Crippen LogP contribution in [0, 0.1) is 0 Å². The third-order valence-corrected chi connectivity index (χ3v) is 4.01. The number of hydrogen-bond donors (Lipinski definition) is 2. The smallest absolute Gasteiger partial charge is 0.240 e. The summed E-state index contributed by atoms with van der Waals surface area (Å²) in [7, 11) is -3.72. The number of nitrogens with two attached hydrogens (primary N) is 2. The van der Waals surface area contributed by atoms with E-state index < -0.39 is 10.0 Å². The second-order valence-electron chi connectivity index (χ2n) is 4.31. The zero-order valence-corrected chi connectivity index (χ0v) is 10.4. The van der Waals surface area contributed by atoms with Gasteiger partial charge in [0.2, 0.25) is 10.0 Å². The summed E-state index contributed by atoms with van der Waals surface area (Å²) in [5.41, 5.74) is 6.91. The summed E-state index contributed by atoms with van der Waals surface area (Å²) in [5.74, 6) is 0. The van der Waals surface area contributed by atoms with Crippen molar-refractivity contribution >= 4 is 21.4 Å². The molecule has 0 unspecified atom stereocenters. The van der Waals surface area contributed by atoms with E-state index in [4.69, 9.17) is 10.9 Å². The molecular formula is C11H17N3O2S. The predicted octanol–water partition coefficient (Wildman–Crippen LogP) is 0.907. The summed E-state index contributed by atoms with van der Waals surface area (Å²) in [6, 6.07) is 4.93. The van der Waals surface area contributed by atoms with Crippen LogP contribution in [-0.4, -0.2) is 21.5 Å². The van der Waals surface area contributed by atoms with Crippen molar-refractivity contribution in [2.24, 2.45) is 5.14 Å². The fourth-order valence-corrected chi connectivity index (χ4v) is 2.79. The first-order valence-corrected chi connectivity index (χ1v) is 7.20. The fraction of sp³-hybridized carbons (Fsp3) is 0.455. The molecular weight excluding hydrogens is 238 g/mol. The number of sulfonamides is 1. The van der Waals surface area contributed by atoms with Crippen LogP contribution in [0.1, 0.15) is 19.3 Å². The van der Waals surface area contributed by atoms with Gasteiger partial charge in [0.15, 0.2) is 0 Å². The van der Waals surface area contributed by atoms with Gasteiger partial charge in [-0.25, -0.2) is 13.6 Å². The van der Waals surface area contributed by atoms with Crippen LogP contribution in [-0.2, 0) is 10.0 Å². The standard InChI is InChI=1S/C11H17N3O2S/c12-10-8-9(14-6-2-1-3-7-14)4-5-11(10)17(13,15)16/h4-5,8H,1-3,6-7,12H2,(H2,13,15,16). The minimum atomic E-state index is -3.72. The number of piperidine rings is 1. The van der Waals surface area contributed by atoms with Gasteiger partial charge in [0.05, 0.1) is 5.69 Å². The van der Waals surface area contributed by atoms with Crippen molar-refractivity contribution < 1.29 is 8.42 Å². The van der Waals surface area contributed by atoms with Gasteiger partial charge in [-0.2, -0.15) is 0 Å². The maximum absolute atomic E-state index is 11.2. The number of rotatable bonds is 2. The lowest BCUT2D eigenvalue weighted by Gasteiger charge is -2.29. The number of benzene rings is 1. The van der Waals surface area contributed by atoms with E-state index >= 15 is 0 Å².